The van der Waals surface area contributed by atoms with Crippen molar-refractivity contribution in [2.45, 2.75) is 6.92 Å². The number of nitrogens with one attached hydrogen (secondary N) is 1. The Hall–Kier alpha value is -2.40. The molecule has 1 aliphatic heterocycles. The van der Waals surface area contributed by atoms with Crippen LogP contribution in [0.1, 0.15) is 17.4 Å². The van der Waals surface area contributed by atoms with Gasteiger partial charge < -0.3 is 14.8 Å². The van der Waals surface area contributed by atoms with Crippen molar-refractivity contribution < 1.29 is 4.79 Å². The molecule has 0 saturated carbocycles. The topological polar surface area (TPSA) is 52.2 Å². The van der Waals surface area contributed by atoms with E-state index >= 15 is 0 Å². The van der Waals surface area contributed by atoms with Crippen LogP contribution in [0.25, 0.3) is 21.8 Å². The van der Waals surface area contributed by atoms with Crippen LogP contribution in [0.4, 0.5) is 0 Å². The minimum Gasteiger partial charge on any atom is -0.349 e. The van der Waals surface area contributed by atoms with Gasteiger partial charge in [-0.1, -0.05) is 25.1 Å². The summed E-state index contributed by atoms with van der Waals surface area (Å²) >= 11 is 0. The van der Waals surface area contributed by atoms with Gasteiger partial charge in [0, 0.05) is 43.1 Å². The Kier molecular flexibility index (Phi) is 3.50. The van der Waals surface area contributed by atoms with E-state index in [9.17, 15) is 4.79 Å². The van der Waals surface area contributed by atoms with Crippen LogP contribution in [0.15, 0.2) is 36.5 Å². The summed E-state index contributed by atoms with van der Waals surface area (Å²) in [5, 5.41) is 2.11. The molecule has 0 atom stereocenters. The molecule has 3 aromatic rings. The van der Waals surface area contributed by atoms with Gasteiger partial charge in [-0.25, -0.2) is 0 Å². The first-order valence-electron chi connectivity index (χ1n) is 8.14. The highest BCUT2D eigenvalue weighted by atomic mass is 16.2. The second-order valence-electron chi connectivity index (χ2n) is 6.01. The number of rotatable bonds is 2. The Labute approximate surface area is 134 Å². The fourth-order valence-corrected chi connectivity index (χ4v) is 3.29. The molecule has 118 valence electrons. The summed E-state index contributed by atoms with van der Waals surface area (Å²) < 4.78 is 0. The molecular formula is C18H20N4O. The summed E-state index contributed by atoms with van der Waals surface area (Å²) in [6, 6.07) is 10.00. The smallest absolute Gasteiger partial charge is 0.270 e. The molecule has 0 radical (unpaired) electrons. The molecule has 0 bridgehead atoms. The van der Waals surface area contributed by atoms with Crippen LogP contribution in [0.3, 0.4) is 0 Å². The van der Waals surface area contributed by atoms with Gasteiger partial charge in [0.1, 0.15) is 5.69 Å². The molecule has 1 fully saturated rings. The number of hydrogen-bond acceptors (Lipinski definition) is 3. The Morgan fingerprint density at radius 2 is 1.96 bits per heavy atom. The average Bonchev–Trinajstić information content (AvgIpc) is 3.06. The van der Waals surface area contributed by atoms with Crippen LogP contribution < -0.4 is 0 Å². The lowest BCUT2D eigenvalue weighted by Crippen LogP contribution is -2.48. The summed E-state index contributed by atoms with van der Waals surface area (Å²) in [6.45, 7) is 6.70. The molecule has 2 aromatic heterocycles. The molecule has 1 aliphatic rings. The van der Waals surface area contributed by atoms with Crippen molar-refractivity contribution in [3.05, 3.63) is 42.2 Å². The van der Waals surface area contributed by atoms with Gasteiger partial charge >= 0.3 is 0 Å². The largest absolute Gasteiger partial charge is 0.349 e. The van der Waals surface area contributed by atoms with Gasteiger partial charge in [-0.3, -0.25) is 9.78 Å². The summed E-state index contributed by atoms with van der Waals surface area (Å²) in [5.41, 5.74) is 2.52. The van der Waals surface area contributed by atoms with E-state index in [4.69, 9.17) is 0 Å². The zero-order valence-corrected chi connectivity index (χ0v) is 13.2. The van der Waals surface area contributed by atoms with Gasteiger partial charge in [0.2, 0.25) is 0 Å². The predicted molar refractivity (Wildman–Crippen MR) is 91.6 cm³/mol. The van der Waals surface area contributed by atoms with Crippen molar-refractivity contribution in [2.75, 3.05) is 32.7 Å². The normalized spacial score (nSPS) is 16.3. The van der Waals surface area contributed by atoms with Crippen molar-refractivity contribution >= 4 is 27.7 Å². The third-order valence-electron chi connectivity index (χ3n) is 4.70. The van der Waals surface area contributed by atoms with E-state index < -0.39 is 0 Å². The lowest BCUT2D eigenvalue weighted by molar-refractivity contribution is 0.0638. The number of hydrogen-bond donors (Lipinski definition) is 1. The monoisotopic (exact) mass is 308 g/mol. The first kappa shape index (κ1) is 14.2. The fourth-order valence-electron chi connectivity index (χ4n) is 3.29. The van der Waals surface area contributed by atoms with Crippen LogP contribution >= 0.6 is 0 Å². The molecule has 0 unspecified atom stereocenters. The first-order chi connectivity index (χ1) is 11.3. The standard InChI is InChI=1S/C18H20N4O/c1-2-21-8-10-22(11-9-21)18(23)15-12-14-6-5-13-4-3-7-19-16(13)17(14)20-15/h3-7,12,20H,2,8-11H2,1H3. The molecule has 5 heteroatoms. The van der Waals surface area contributed by atoms with Gasteiger partial charge in [0.25, 0.3) is 5.91 Å². The summed E-state index contributed by atoms with van der Waals surface area (Å²) in [5.74, 6) is 0.0843. The summed E-state index contributed by atoms with van der Waals surface area (Å²) in [4.78, 5) is 24.8. The van der Waals surface area contributed by atoms with Crippen molar-refractivity contribution in [3.63, 3.8) is 0 Å². The number of aromatic amines is 1. The number of piperazine rings is 1. The molecule has 5 nitrogen and oxygen atoms in total. The number of carbonyl (C=O) groups excluding carboxylic acids is 1. The van der Waals surface area contributed by atoms with E-state index in [2.05, 4.69) is 21.8 Å². The Morgan fingerprint density at radius 1 is 1.17 bits per heavy atom. The first-order valence-corrected chi connectivity index (χ1v) is 8.14. The zero-order valence-electron chi connectivity index (χ0n) is 13.2. The van der Waals surface area contributed by atoms with Crippen molar-refractivity contribution in [3.8, 4) is 0 Å². The molecule has 0 aliphatic carbocycles. The van der Waals surface area contributed by atoms with Gasteiger partial charge in [-0.15, -0.1) is 0 Å². The predicted octanol–water partition coefficient (Wildman–Crippen LogP) is 2.49. The van der Waals surface area contributed by atoms with Gasteiger partial charge in [0.05, 0.1) is 11.0 Å². The molecule has 4 rings (SSSR count). The second kappa shape index (κ2) is 5.66. The Balaban J connectivity index is 1.67. The number of amides is 1. The highest BCUT2D eigenvalue weighted by molar-refractivity contribution is 6.07. The van der Waals surface area contributed by atoms with Crippen LogP contribution in [0.2, 0.25) is 0 Å². The highest BCUT2D eigenvalue weighted by Crippen LogP contribution is 2.24. The SMILES string of the molecule is CCN1CCN(C(=O)c2cc3ccc4cccnc4c3[nH]2)CC1. The van der Waals surface area contributed by atoms with E-state index in [-0.39, 0.29) is 5.91 Å². The number of aromatic nitrogens is 2. The highest BCUT2D eigenvalue weighted by Gasteiger charge is 2.22. The second-order valence-corrected chi connectivity index (χ2v) is 6.01. The van der Waals surface area contributed by atoms with Gasteiger partial charge in [0.15, 0.2) is 0 Å². The van der Waals surface area contributed by atoms with E-state index in [0.717, 1.165) is 54.5 Å². The fraction of sp³-hybridized carbons (Fsp3) is 0.333. The molecular weight excluding hydrogens is 288 g/mol. The van der Waals surface area contributed by atoms with E-state index in [0.29, 0.717) is 5.69 Å². The maximum atomic E-state index is 12.8. The maximum Gasteiger partial charge on any atom is 0.270 e. The van der Waals surface area contributed by atoms with Crippen molar-refractivity contribution in [2.24, 2.45) is 0 Å². The van der Waals surface area contributed by atoms with Gasteiger partial charge in [-0.05, 0) is 18.7 Å². The molecule has 23 heavy (non-hydrogen) atoms. The molecule has 1 saturated heterocycles. The lowest BCUT2D eigenvalue weighted by atomic mass is 10.1. The molecule has 1 amide bonds. The van der Waals surface area contributed by atoms with Gasteiger partial charge in [-0.2, -0.15) is 0 Å². The number of likely N-dealkylation sites (N-methyl/N-ethyl adjacent to an activating group) is 1. The van der Waals surface area contributed by atoms with Crippen LogP contribution in [0, 0.1) is 0 Å². The molecule has 3 heterocycles. The Morgan fingerprint density at radius 3 is 2.74 bits per heavy atom. The number of pyridine rings is 1. The Bertz CT molecular complexity index is 862. The zero-order chi connectivity index (χ0) is 15.8. The number of H-pyrrole nitrogens is 1. The quantitative estimate of drug-likeness (QED) is 0.791. The molecule has 1 N–H and O–H groups in total. The molecule has 1 aromatic carbocycles. The third-order valence-corrected chi connectivity index (χ3v) is 4.70. The van der Waals surface area contributed by atoms with E-state index in [1.165, 1.54) is 0 Å². The van der Waals surface area contributed by atoms with E-state index in [1.807, 2.05) is 35.2 Å². The summed E-state index contributed by atoms with van der Waals surface area (Å²) in [7, 11) is 0. The van der Waals surface area contributed by atoms with E-state index in [1.54, 1.807) is 6.20 Å². The van der Waals surface area contributed by atoms with Crippen molar-refractivity contribution in [1.29, 1.82) is 0 Å². The molecule has 0 spiro atoms. The summed E-state index contributed by atoms with van der Waals surface area (Å²) in [6.07, 6.45) is 1.79. The van der Waals surface area contributed by atoms with Crippen LogP contribution in [0.5, 0.6) is 0 Å². The maximum absolute atomic E-state index is 12.8. The average molecular weight is 308 g/mol. The number of nitrogens with zero attached hydrogens (tertiary/aromatic N) is 3. The van der Waals surface area contributed by atoms with Crippen LogP contribution in [-0.4, -0.2) is 58.4 Å². The number of fused-ring (bicyclic) bond motifs is 3. The van der Waals surface area contributed by atoms with Crippen molar-refractivity contribution in [1.82, 2.24) is 19.8 Å². The lowest BCUT2D eigenvalue weighted by Gasteiger charge is -2.33. The number of carbonyl (C=O) groups is 1. The minimum absolute atomic E-state index is 0.0843. The minimum atomic E-state index is 0.0843. The number of benzene rings is 1. The third kappa shape index (κ3) is 2.47. The van der Waals surface area contributed by atoms with Crippen LogP contribution in [-0.2, 0) is 0 Å².